The molecule has 0 spiro atoms. The molecule has 5 N–H and O–H groups in total. The van der Waals surface area contributed by atoms with Crippen molar-refractivity contribution in [3.05, 3.63) is 59.7 Å². The van der Waals surface area contributed by atoms with Crippen molar-refractivity contribution in [2.45, 2.75) is 12.1 Å². The normalized spacial score (nSPS) is 22.4. The predicted molar refractivity (Wildman–Crippen MR) is 70.3 cm³/mol. The van der Waals surface area contributed by atoms with Crippen LogP contribution in [0.25, 0.3) is 0 Å². The molecule has 1 saturated heterocycles. The molecule has 0 bridgehead atoms. The molecule has 2 unspecified atom stereocenters. The van der Waals surface area contributed by atoms with Crippen molar-refractivity contribution >= 4 is 11.4 Å². The standard InChI is InChI=1S/C14H15N3/c15-11-5-1-9(2-6-11)13-14(17-13)10-3-7-12(16)8-4-10/h1-8,13-14,17H,15-16H2. The van der Waals surface area contributed by atoms with Crippen LogP contribution in [0.1, 0.15) is 23.2 Å². The van der Waals surface area contributed by atoms with Crippen molar-refractivity contribution in [2.75, 3.05) is 11.5 Å². The molecule has 1 aliphatic heterocycles. The van der Waals surface area contributed by atoms with Gasteiger partial charge < -0.3 is 11.5 Å². The van der Waals surface area contributed by atoms with Gasteiger partial charge in [-0.1, -0.05) is 24.3 Å². The van der Waals surface area contributed by atoms with E-state index in [0.717, 1.165) is 11.4 Å². The Morgan fingerprint density at radius 3 is 1.35 bits per heavy atom. The monoisotopic (exact) mass is 225 g/mol. The number of nitrogens with one attached hydrogen (secondary N) is 1. The number of benzene rings is 2. The van der Waals surface area contributed by atoms with E-state index in [2.05, 4.69) is 29.6 Å². The molecule has 1 aliphatic rings. The van der Waals surface area contributed by atoms with E-state index in [1.807, 2.05) is 24.3 Å². The van der Waals surface area contributed by atoms with E-state index in [1.54, 1.807) is 0 Å². The Morgan fingerprint density at radius 1 is 0.647 bits per heavy atom. The van der Waals surface area contributed by atoms with E-state index < -0.39 is 0 Å². The molecule has 86 valence electrons. The second kappa shape index (κ2) is 3.79. The second-order valence-electron chi connectivity index (χ2n) is 4.46. The number of anilines is 2. The summed E-state index contributed by atoms with van der Waals surface area (Å²) in [5.41, 5.74) is 15.5. The van der Waals surface area contributed by atoms with Crippen molar-refractivity contribution in [3.63, 3.8) is 0 Å². The molecule has 17 heavy (non-hydrogen) atoms. The fourth-order valence-corrected chi connectivity index (χ4v) is 2.12. The summed E-state index contributed by atoms with van der Waals surface area (Å²) in [6.07, 6.45) is 0. The summed E-state index contributed by atoms with van der Waals surface area (Å²) in [5.74, 6) is 0. The Labute approximate surface area is 100 Å². The Bertz CT molecular complexity index is 467. The van der Waals surface area contributed by atoms with Crippen molar-refractivity contribution in [1.82, 2.24) is 5.32 Å². The summed E-state index contributed by atoms with van der Waals surface area (Å²) in [6.45, 7) is 0. The lowest BCUT2D eigenvalue weighted by atomic mass is 10.0. The average Bonchev–Trinajstić information content (AvgIpc) is 3.11. The maximum Gasteiger partial charge on any atom is 0.0523 e. The molecular weight excluding hydrogens is 210 g/mol. The molecule has 1 fully saturated rings. The first-order valence-corrected chi connectivity index (χ1v) is 5.71. The quantitative estimate of drug-likeness (QED) is 0.542. The van der Waals surface area contributed by atoms with Gasteiger partial charge in [-0.15, -0.1) is 0 Å². The molecular formula is C14H15N3. The van der Waals surface area contributed by atoms with E-state index >= 15 is 0 Å². The minimum absolute atomic E-state index is 0.402. The average molecular weight is 225 g/mol. The van der Waals surface area contributed by atoms with E-state index in [9.17, 15) is 0 Å². The molecule has 0 amide bonds. The molecule has 2 aromatic carbocycles. The van der Waals surface area contributed by atoms with Crippen LogP contribution >= 0.6 is 0 Å². The fourth-order valence-electron chi connectivity index (χ4n) is 2.12. The zero-order chi connectivity index (χ0) is 11.8. The van der Waals surface area contributed by atoms with Crippen molar-refractivity contribution in [2.24, 2.45) is 0 Å². The van der Waals surface area contributed by atoms with Gasteiger partial charge in [-0.05, 0) is 35.4 Å². The van der Waals surface area contributed by atoms with E-state index in [0.29, 0.717) is 12.1 Å². The largest absolute Gasteiger partial charge is 0.399 e. The Morgan fingerprint density at radius 2 is 1.00 bits per heavy atom. The zero-order valence-corrected chi connectivity index (χ0v) is 9.43. The highest BCUT2D eigenvalue weighted by Gasteiger charge is 2.38. The Hall–Kier alpha value is -2.00. The number of nitrogen functional groups attached to an aromatic ring is 2. The van der Waals surface area contributed by atoms with Crippen LogP contribution in [0.2, 0.25) is 0 Å². The summed E-state index contributed by atoms with van der Waals surface area (Å²) < 4.78 is 0. The fraction of sp³-hybridized carbons (Fsp3) is 0.143. The first-order valence-electron chi connectivity index (χ1n) is 5.71. The SMILES string of the molecule is Nc1ccc(C2NC2c2ccc(N)cc2)cc1. The molecule has 0 aromatic heterocycles. The van der Waals surface area contributed by atoms with Gasteiger partial charge in [0, 0.05) is 11.4 Å². The van der Waals surface area contributed by atoms with E-state index in [4.69, 9.17) is 11.5 Å². The van der Waals surface area contributed by atoms with Gasteiger partial charge in [0.1, 0.15) is 0 Å². The minimum atomic E-state index is 0.402. The lowest BCUT2D eigenvalue weighted by Gasteiger charge is -2.00. The van der Waals surface area contributed by atoms with Crippen LogP contribution in [0.5, 0.6) is 0 Å². The molecule has 2 aromatic rings. The Kier molecular flexibility index (Phi) is 2.27. The van der Waals surface area contributed by atoms with Gasteiger partial charge in [0.15, 0.2) is 0 Å². The third-order valence-corrected chi connectivity index (χ3v) is 3.17. The van der Waals surface area contributed by atoms with Crippen molar-refractivity contribution in [3.8, 4) is 0 Å². The van der Waals surface area contributed by atoms with Crippen LogP contribution in [0.15, 0.2) is 48.5 Å². The summed E-state index contributed by atoms with van der Waals surface area (Å²) >= 11 is 0. The zero-order valence-electron chi connectivity index (χ0n) is 9.43. The van der Waals surface area contributed by atoms with Gasteiger partial charge >= 0.3 is 0 Å². The first kappa shape index (κ1) is 10.2. The smallest absolute Gasteiger partial charge is 0.0523 e. The second-order valence-corrected chi connectivity index (χ2v) is 4.46. The minimum Gasteiger partial charge on any atom is -0.399 e. The maximum atomic E-state index is 5.68. The lowest BCUT2D eigenvalue weighted by Crippen LogP contribution is -1.88. The topological polar surface area (TPSA) is 74.0 Å². The van der Waals surface area contributed by atoms with Gasteiger partial charge in [-0.3, -0.25) is 5.32 Å². The van der Waals surface area contributed by atoms with Crippen LogP contribution < -0.4 is 16.8 Å². The molecule has 0 radical (unpaired) electrons. The van der Waals surface area contributed by atoms with Crippen molar-refractivity contribution in [1.29, 1.82) is 0 Å². The molecule has 1 heterocycles. The summed E-state index contributed by atoms with van der Waals surface area (Å²) in [6, 6.07) is 16.9. The van der Waals surface area contributed by atoms with Gasteiger partial charge in [-0.2, -0.15) is 0 Å². The van der Waals surface area contributed by atoms with Crippen LogP contribution in [-0.2, 0) is 0 Å². The van der Waals surface area contributed by atoms with Gasteiger partial charge in [0.2, 0.25) is 0 Å². The lowest BCUT2D eigenvalue weighted by molar-refractivity contribution is 1.03. The summed E-state index contributed by atoms with van der Waals surface area (Å²) in [7, 11) is 0. The van der Waals surface area contributed by atoms with Gasteiger partial charge in [0.25, 0.3) is 0 Å². The number of hydrogen-bond acceptors (Lipinski definition) is 3. The molecule has 2 atom stereocenters. The summed E-state index contributed by atoms with van der Waals surface area (Å²) in [5, 5.41) is 3.46. The van der Waals surface area contributed by atoms with Crippen LogP contribution in [0.3, 0.4) is 0 Å². The molecule has 3 nitrogen and oxygen atoms in total. The predicted octanol–water partition coefficient (Wildman–Crippen LogP) is 2.24. The van der Waals surface area contributed by atoms with Crippen molar-refractivity contribution < 1.29 is 0 Å². The summed E-state index contributed by atoms with van der Waals surface area (Å²) in [4.78, 5) is 0. The highest BCUT2D eigenvalue weighted by atomic mass is 15.1. The number of nitrogens with two attached hydrogens (primary N) is 2. The third-order valence-electron chi connectivity index (χ3n) is 3.17. The maximum absolute atomic E-state index is 5.68. The van der Waals surface area contributed by atoms with E-state index in [-0.39, 0.29) is 0 Å². The molecule has 3 rings (SSSR count). The molecule has 0 aliphatic carbocycles. The van der Waals surface area contributed by atoms with Gasteiger partial charge in [0.05, 0.1) is 12.1 Å². The Balaban J connectivity index is 1.78. The number of hydrogen-bond donors (Lipinski definition) is 3. The highest BCUT2D eigenvalue weighted by Crippen LogP contribution is 2.42. The number of rotatable bonds is 2. The molecule has 0 saturated carbocycles. The van der Waals surface area contributed by atoms with Crippen LogP contribution in [0.4, 0.5) is 11.4 Å². The van der Waals surface area contributed by atoms with E-state index in [1.165, 1.54) is 11.1 Å². The third kappa shape index (κ3) is 1.97. The van der Waals surface area contributed by atoms with Crippen LogP contribution in [0, 0.1) is 0 Å². The van der Waals surface area contributed by atoms with Crippen LogP contribution in [-0.4, -0.2) is 0 Å². The van der Waals surface area contributed by atoms with Gasteiger partial charge in [-0.25, -0.2) is 0 Å². The molecule has 3 heteroatoms. The highest BCUT2D eigenvalue weighted by molar-refractivity contribution is 5.45. The first-order chi connectivity index (χ1) is 8.24.